The van der Waals surface area contributed by atoms with E-state index in [0.717, 1.165) is 0 Å². The van der Waals surface area contributed by atoms with Gasteiger partial charge >= 0.3 is 0 Å². The summed E-state index contributed by atoms with van der Waals surface area (Å²) < 4.78 is 22.3. The van der Waals surface area contributed by atoms with E-state index in [0.29, 0.717) is 74.6 Å². The molecular weight excluding hydrogens is 388 g/mol. The van der Waals surface area contributed by atoms with Gasteiger partial charge in [0, 0.05) is 31.7 Å². The van der Waals surface area contributed by atoms with Gasteiger partial charge in [0.05, 0.1) is 26.1 Å². The molecule has 1 aromatic carbocycles. The summed E-state index contributed by atoms with van der Waals surface area (Å²) in [6.07, 6.45) is 1.48. The summed E-state index contributed by atoms with van der Waals surface area (Å²) in [6.45, 7) is 8.73. The van der Waals surface area contributed by atoms with Gasteiger partial charge in [-0.1, -0.05) is 0 Å². The van der Waals surface area contributed by atoms with Crippen molar-refractivity contribution in [1.82, 2.24) is 9.80 Å². The van der Waals surface area contributed by atoms with Crippen LogP contribution in [0, 0.1) is 0 Å². The van der Waals surface area contributed by atoms with E-state index in [9.17, 15) is 9.59 Å². The number of ether oxygens (including phenoxy) is 3. The normalized spacial score (nSPS) is 13.8. The second-order valence-corrected chi connectivity index (χ2v) is 6.66. The Morgan fingerprint density at radius 2 is 1.40 bits per heavy atom. The molecule has 8 nitrogen and oxygen atoms in total. The van der Waals surface area contributed by atoms with Crippen molar-refractivity contribution in [3.63, 3.8) is 0 Å². The second kappa shape index (κ2) is 10.0. The van der Waals surface area contributed by atoms with Gasteiger partial charge in [0.15, 0.2) is 17.3 Å². The lowest BCUT2D eigenvalue weighted by Crippen LogP contribution is -2.50. The molecule has 2 aromatic rings. The molecule has 0 spiro atoms. The van der Waals surface area contributed by atoms with E-state index in [1.54, 1.807) is 34.1 Å². The number of benzene rings is 1. The number of carbonyl (C=O) groups excluding carboxylic acids is 2. The van der Waals surface area contributed by atoms with Crippen LogP contribution in [0.5, 0.6) is 17.2 Å². The Bertz CT molecular complexity index is 830. The first kappa shape index (κ1) is 21.5. The van der Waals surface area contributed by atoms with E-state index in [1.807, 2.05) is 20.8 Å². The monoisotopic (exact) mass is 416 g/mol. The molecule has 1 saturated heterocycles. The van der Waals surface area contributed by atoms with Crippen LogP contribution in [0.15, 0.2) is 34.9 Å². The van der Waals surface area contributed by atoms with Gasteiger partial charge in [-0.25, -0.2) is 0 Å². The van der Waals surface area contributed by atoms with Crippen molar-refractivity contribution in [3.05, 3.63) is 41.9 Å². The van der Waals surface area contributed by atoms with Gasteiger partial charge in [-0.05, 0) is 45.0 Å². The van der Waals surface area contributed by atoms with E-state index < -0.39 is 0 Å². The van der Waals surface area contributed by atoms with Crippen LogP contribution in [0.25, 0.3) is 0 Å². The molecule has 0 N–H and O–H groups in total. The van der Waals surface area contributed by atoms with Crippen molar-refractivity contribution in [2.24, 2.45) is 0 Å². The number of rotatable bonds is 8. The third kappa shape index (κ3) is 4.69. The number of amides is 2. The highest BCUT2D eigenvalue weighted by molar-refractivity contribution is 5.96. The molecule has 0 radical (unpaired) electrons. The molecule has 1 aromatic heterocycles. The molecule has 0 unspecified atom stereocenters. The maximum absolute atomic E-state index is 13.1. The number of nitrogens with zero attached hydrogens (tertiary/aromatic N) is 2. The van der Waals surface area contributed by atoms with Crippen molar-refractivity contribution >= 4 is 11.8 Å². The second-order valence-electron chi connectivity index (χ2n) is 6.66. The highest BCUT2D eigenvalue weighted by Crippen LogP contribution is 2.39. The van der Waals surface area contributed by atoms with Crippen LogP contribution in [0.1, 0.15) is 41.7 Å². The standard InChI is InChI=1S/C22H28N2O6/c1-4-27-18-14-16(15-19(28-5-2)20(18)29-6-3)21(25)23-9-11-24(12-10-23)22(26)17-8-7-13-30-17/h7-8,13-15H,4-6,9-12H2,1-3H3. The van der Waals surface area contributed by atoms with Crippen LogP contribution in [0.3, 0.4) is 0 Å². The van der Waals surface area contributed by atoms with E-state index in [2.05, 4.69) is 0 Å². The summed E-state index contributed by atoms with van der Waals surface area (Å²) in [6, 6.07) is 6.72. The van der Waals surface area contributed by atoms with Gasteiger partial charge in [-0.15, -0.1) is 0 Å². The van der Waals surface area contributed by atoms with Crippen LogP contribution in [0.4, 0.5) is 0 Å². The topological polar surface area (TPSA) is 81.5 Å². The number of carbonyl (C=O) groups is 2. The van der Waals surface area contributed by atoms with Crippen LogP contribution in [0.2, 0.25) is 0 Å². The van der Waals surface area contributed by atoms with Crippen LogP contribution >= 0.6 is 0 Å². The molecule has 1 aliphatic heterocycles. The smallest absolute Gasteiger partial charge is 0.289 e. The molecule has 0 aliphatic carbocycles. The van der Waals surface area contributed by atoms with E-state index in [4.69, 9.17) is 18.6 Å². The molecule has 1 aliphatic rings. The number of furan rings is 1. The first-order chi connectivity index (χ1) is 14.6. The minimum atomic E-state index is -0.162. The van der Waals surface area contributed by atoms with Crippen LogP contribution in [-0.2, 0) is 0 Å². The Kier molecular flexibility index (Phi) is 7.21. The summed E-state index contributed by atoms with van der Waals surface area (Å²) in [5.74, 6) is 1.49. The SMILES string of the molecule is CCOc1cc(C(=O)N2CCN(C(=O)c3ccco3)CC2)cc(OCC)c1OCC. The van der Waals surface area contributed by atoms with Crippen molar-refractivity contribution in [3.8, 4) is 17.2 Å². The third-order valence-electron chi connectivity index (χ3n) is 4.74. The van der Waals surface area contributed by atoms with Crippen molar-refractivity contribution in [2.45, 2.75) is 20.8 Å². The van der Waals surface area contributed by atoms with Crippen molar-refractivity contribution in [2.75, 3.05) is 46.0 Å². The molecule has 8 heteroatoms. The molecule has 2 amide bonds. The van der Waals surface area contributed by atoms with E-state index in [-0.39, 0.29) is 11.8 Å². The fourth-order valence-corrected chi connectivity index (χ4v) is 3.36. The molecule has 1 fully saturated rings. The summed E-state index contributed by atoms with van der Waals surface area (Å²) in [5, 5.41) is 0. The first-order valence-electron chi connectivity index (χ1n) is 10.3. The zero-order chi connectivity index (χ0) is 21.5. The number of piperazine rings is 1. The third-order valence-corrected chi connectivity index (χ3v) is 4.74. The molecule has 2 heterocycles. The first-order valence-corrected chi connectivity index (χ1v) is 10.3. The number of hydrogen-bond acceptors (Lipinski definition) is 6. The average Bonchev–Trinajstić information content (AvgIpc) is 3.30. The quantitative estimate of drug-likeness (QED) is 0.658. The fourth-order valence-electron chi connectivity index (χ4n) is 3.36. The Hall–Kier alpha value is -3.16. The lowest BCUT2D eigenvalue weighted by atomic mass is 10.1. The predicted molar refractivity (Wildman–Crippen MR) is 110 cm³/mol. The molecule has 162 valence electrons. The molecule has 0 saturated carbocycles. The van der Waals surface area contributed by atoms with E-state index >= 15 is 0 Å². The minimum absolute atomic E-state index is 0.134. The van der Waals surface area contributed by atoms with Gasteiger partial charge in [0.25, 0.3) is 11.8 Å². The van der Waals surface area contributed by atoms with Crippen LogP contribution < -0.4 is 14.2 Å². The highest BCUT2D eigenvalue weighted by Gasteiger charge is 2.28. The number of hydrogen-bond donors (Lipinski definition) is 0. The molecular formula is C22H28N2O6. The van der Waals surface area contributed by atoms with Gasteiger partial charge in [0.1, 0.15) is 0 Å². The van der Waals surface area contributed by atoms with Gasteiger partial charge in [0.2, 0.25) is 5.75 Å². The summed E-state index contributed by atoms with van der Waals surface area (Å²) in [5.41, 5.74) is 0.469. The molecule has 0 atom stereocenters. The zero-order valence-electron chi connectivity index (χ0n) is 17.7. The Labute approximate surface area is 176 Å². The molecule has 3 rings (SSSR count). The van der Waals surface area contributed by atoms with Gasteiger partial charge in [-0.2, -0.15) is 0 Å². The summed E-state index contributed by atoms with van der Waals surface area (Å²) >= 11 is 0. The van der Waals surface area contributed by atoms with Gasteiger partial charge < -0.3 is 28.4 Å². The lowest BCUT2D eigenvalue weighted by molar-refractivity contribution is 0.0517. The van der Waals surface area contributed by atoms with Crippen molar-refractivity contribution < 1.29 is 28.2 Å². The highest BCUT2D eigenvalue weighted by atomic mass is 16.5. The maximum Gasteiger partial charge on any atom is 0.289 e. The lowest BCUT2D eigenvalue weighted by Gasteiger charge is -2.34. The Morgan fingerprint density at radius 1 is 0.867 bits per heavy atom. The predicted octanol–water partition coefficient (Wildman–Crippen LogP) is 3.07. The van der Waals surface area contributed by atoms with Crippen molar-refractivity contribution in [1.29, 1.82) is 0 Å². The summed E-state index contributed by atoms with van der Waals surface area (Å²) in [4.78, 5) is 29.0. The minimum Gasteiger partial charge on any atom is -0.490 e. The van der Waals surface area contributed by atoms with Crippen LogP contribution in [-0.4, -0.2) is 67.6 Å². The Balaban J connectivity index is 1.75. The van der Waals surface area contributed by atoms with Gasteiger partial charge in [-0.3, -0.25) is 9.59 Å². The average molecular weight is 416 g/mol. The molecule has 30 heavy (non-hydrogen) atoms. The van der Waals surface area contributed by atoms with E-state index in [1.165, 1.54) is 6.26 Å². The zero-order valence-corrected chi connectivity index (χ0v) is 17.7. The maximum atomic E-state index is 13.1. The molecule has 0 bridgehead atoms. The largest absolute Gasteiger partial charge is 0.490 e. The Morgan fingerprint density at radius 3 is 1.87 bits per heavy atom. The summed E-state index contributed by atoms with van der Waals surface area (Å²) in [7, 11) is 0. The fraction of sp³-hybridized carbons (Fsp3) is 0.455.